The zero-order valence-corrected chi connectivity index (χ0v) is 12.1. The average molecular weight is 295 g/mol. The van der Waals surface area contributed by atoms with E-state index in [2.05, 4.69) is 18.1 Å². The van der Waals surface area contributed by atoms with Gasteiger partial charge in [0.2, 0.25) is 0 Å². The Bertz CT molecular complexity index is 754. The van der Waals surface area contributed by atoms with Crippen molar-refractivity contribution < 1.29 is 4.74 Å². The number of thiazole rings is 1. The smallest absolute Gasteiger partial charge is 0.273 e. The van der Waals surface area contributed by atoms with Crippen LogP contribution in [0.15, 0.2) is 36.1 Å². The van der Waals surface area contributed by atoms with Crippen molar-refractivity contribution in [2.45, 2.75) is 13.1 Å². The van der Waals surface area contributed by atoms with Crippen LogP contribution in [0.1, 0.15) is 0 Å². The van der Waals surface area contributed by atoms with Crippen LogP contribution in [0.4, 0.5) is 0 Å². The van der Waals surface area contributed by atoms with Crippen molar-refractivity contribution in [2.75, 3.05) is 7.11 Å². The van der Waals surface area contributed by atoms with Gasteiger partial charge < -0.3 is 9.30 Å². The van der Waals surface area contributed by atoms with Crippen molar-refractivity contribution in [2.24, 2.45) is 0 Å². The van der Waals surface area contributed by atoms with Gasteiger partial charge in [0, 0.05) is 6.54 Å². The molecule has 0 bridgehead atoms. The molecule has 7 heteroatoms. The van der Waals surface area contributed by atoms with Crippen molar-refractivity contribution in [3.63, 3.8) is 0 Å². The van der Waals surface area contributed by atoms with Crippen LogP contribution >= 0.6 is 23.6 Å². The van der Waals surface area contributed by atoms with Crippen LogP contribution in [-0.4, -0.2) is 21.2 Å². The Hall–Kier alpha value is -1.73. The van der Waals surface area contributed by atoms with E-state index in [0.717, 1.165) is 0 Å². The van der Waals surface area contributed by atoms with Gasteiger partial charge in [-0.2, -0.15) is 0 Å². The summed E-state index contributed by atoms with van der Waals surface area (Å²) in [7, 11) is 1.52. The fraction of sp³-hybridized carbons (Fsp3) is 0.250. The third kappa shape index (κ3) is 2.52. The highest BCUT2D eigenvalue weighted by Gasteiger charge is 2.11. The highest BCUT2D eigenvalue weighted by atomic mass is 32.1. The Balaban J connectivity index is 2.60. The van der Waals surface area contributed by atoms with Gasteiger partial charge in [-0.15, -0.1) is 6.58 Å². The van der Waals surface area contributed by atoms with Crippen LogP contribution in [0.3, 0.4) is 0 Å². The summed E-state index contributed by atoms with van der Waals surface area (Å²) >= 11 is 6.49. The molecule has 2 rings (SSSR count). The fourth-order valence-corrected chi connectivity index (χ4v) is 2.94. The molecule has 0 N–H and O–H groups in total. The SMILES string of the molecule is C=CCn1c(=S)sc2c(=O)n(CC(=C)OC)cnc21. The molecule has 0 saturated carbocycles. The largest absolute Gasteiger partial charge is 0.500 e. The molecular weight excluding hydrogens is 282 g/mol. The number of fused-ring (bicyclic) bond motifs is 1. The van der Waals surface area contributed by atoms with Crippen LogP contribution in [0, 0.1) is 3.95 Å². The van der Waals surface area contributed by atoms with Crippen molar-refractivity contribution in [1.82, 2.24) is 14.1 Å². The first-order valence-corrected chi connectivity index (χ1v) is 6.72. The predicted octanol–water partition coefficient (Wildman–Crippen LogP) is 2.34. The van der Waals surface area contributed by atoms with Crippen LogP contribution in [-0.2, 0) is 17.8 Å². The lowest BCUT2D eigenvalue weighted by Crippen LogP contribution is -2.21. The van der Waals surface area contributed by atoms with E-state index in [-0.39, 0.29) is 12.1 Å². The van der Waals surface area contributed by atoms with E-state index < -0.39 is 0 Å². The van der Waals surface area contributed by atoms with E-state index in [1.165, 1.54) is 29.3 Å². The lowest BCUT2D eigenvalue weighted by Gasteiger charge is -2.07. The van der Waals surface area contributed by atoms with Crippen molar-refractivity contribution in [3.05, 3.63) is 45.6 Å². The summed E-state index contributed by atoms with van der Waals surface area (Å²) in [6.45, 7) is 8.19. The Morgan fingerprint density at radius 2 is 2.42 bits per heavy atom. The summed E-state index contributed by atoms with van der Waals surface area (Å²) < 4.78 is 9.37. The molecule has 0 aromatic carbocycles. The topological polar surface area (TPSA) is 49.0 Å². The standard InChI is InChI=1S/C12H13N3O2S2/c1-4-5-15-10-9(19-12(15)18)11(16)14(7-13-10)6-8(2)17-3/h4,7H,1-2,5-6H2,3H3. The van der Waals surface area contributed by atoms with E-state index in [9.17, 15) is 4.79 Å². The number of hydrogen-bond acceptors (Lipinski definition) is 5. The van der Waals surface area contributed by atoms with Crippen LogP contribution in [0.2, 0.25) is 0 Å². The monoisotopic (exact) mass is 295 g/mol. The zero-order valence-electron chi connectivity index (χ0n) is 10.5. The maximum atomic E-state index is 12.3. The molecule has 2 aromatic heterocycles. The number of allylic oxidation sites excluding steroid dienone is 2. The number of rotatable bonds is 5. The maximum Gasteiger partial charge on any atom is 0.273 e. The Kier molecular flexibility index (Phi) is 3.96. The Morgan fingerprint density at radius 3 is 3.05 bits per heavy atom. The second kappa shape index (κ2) is 5.50. The van der Waals surface area contributed by atoms with Gasteiger partial charge in [-0.05, 0) is 12.2 Å². The molecule has 0 spiro atoms. The summed E-state index contributed by atoms with van der Waals surface area (Å²) in [5.74, 6) is 0.498. The molecule has 0 radical (unpaired) electrons. The highest BCUT2D eigenvalue weighted by Crippen LogP contribution is 2.17. The van der Waals surface area contributed by atoms with E-state index in [0.29, 0.717) is 26.6 Å². The molecule has 0 amide bonds. The lowest BCUT2D eigenvalue weighted by molar-refractivity contribution is 0.271. The first-order chi connectivity index (χ1) is 9.08. The van der Waals surface area contributed by atoms with E-state index in [1.54, 1.807) is 10.6 Å². The third-order valence-electron chi connectivity index (χ3n) is 2.59. The number of ether oxygens (including phenoxy) is 1. The molecule has 0 unspecified atom stereocenters. The maximum absolute atomic E-state index is 12.3. The summed E-state index contributed by atoms with van der Waals surface area (Å²) in [4.78, 5) is 16.6. The summed E-state index contributed by atoms with van der Waals surface area (Å²) in [5, 5.41) is 0. The first-order valence-electron chi connectivity index (χ1n) is 5.50. The molecule has 19 heavy (non-hydrogen) atoms. The molecule has 0 aliphatic heterocycles. The van der Waals surface area contributed by atoms with E-state index in [1.807, 2.05) is 0 Å². The minimum Gasteiger partial charge on any atom is -0.500 e. The van der Waals surface area contributed by atoms with Gasteiger partial charge in [0.15, 0.2) is 9.60 Å². The van der Waals surface area contributed by atoms with Crippen molar-refractivity contribution in [1.29, 1.82) is 0 Å². The lowest BCUT2D eigenvalue weighted by atomic mass is 10.5. The van der Waals surface area contributed by atoms with Crippen LogP contribution in [0.5, 0.6) is 0 Å². The molecular formula is C12H13N3O2S2. The summed E-state index contributed by atoms with van der Waals surface area (Å²) in [5.41, 5.74) is 0.460. The average Bonchev–Trinajstić information content (AvgIpc) is 2.71. The fourth-order valence-electron chi connectivity index (χ4n) is 1.63. The van der Waals surface area contributed by atoms with E-state index >= 15 is 0 Å². The summed E-state index contributed by atoms with van der Waals surface area (Å²) in [6, 6.07) is 0. The molecule has 2 heterocycles. The minimum atomic E-state index is -0.137. The quantitative estimate of drug-likeness (QED) is 0.482. The van der Waals surface area contributed by atoms with Gasteiger partial charge in [-0.1, -0.05) is 24.0 Å². The molecule has 5 nitrogen and oxygen atoms in total. The number of nitrogens with zero attached hydrogens (tertiary/aromatic N) is 3. The Morgan fingerprint density at radius 1 is 1.68 bits per heavy atom. The predicted molar refractivity (Wildman–Crippen MR) is 79.1 cm³/mol. The van der Waals surface area contributed by atoms with Crippen LogP contribution in [0.25, 0.3) is 10.3 Å². The minimum absolute atomic E-state index is 0.137. The number of methoxy groups -OCH3 is 1. The normalized spacial score (nSPS) is 10.6. The van der Waals surface area contributed by atoms with Gasteiger partial charge in [0.05, 0.1) is 13.7 Å². The van der Waals surface area contributed by atoms with E-state index in [4.69, 9.17) is 17.0 Å². The van der Waals surface area contributed by atoms with Crippen LogP contribution < -0.4 is 5.56 Å². The molecule has 0 aliphatic carbocycles. The van der Waals surface area contributed by atoms with Crippen molar-refractivity contribution in [3.8, 4) is 0 Å². The van der Waals surface area contributed by atoms with Gasteiger partial charge in [-0.25, -0.2) is 4.98 Å². The molecule has 2 aromatic rings. The van der Waals surface area contributed by atoms with Crippen molar-refractivity contribution >= 4 is 33.9 Å². The molecule has 100 valence electrons. The number of aromatic nitrogens is 3. The van der Waals surface area contributed by atoms with Gasteiger partial charge >= 0.3 is 0 Å². The summed E-state index contributed by atoms with van der Waals surface area (Å²) in [6.07, 6.45) is 3.21. The molecule has 0 fully saturated rings. The van der Waals surface area contributed by atoms with Gasteiger partial charge in [-0.3, -0.25) is 9.36 Å². The molecule has 0 saturated heterocycles. The second-order valence-electron chi connectivity index (χ2n) is 3.84. The second-order valence-corrected chi connectivity index (χ2v) is 5.48. The molecule has 0 atom stereocenters. The highest BCUT2D eigenvalue weighted by molar-refractivity contribution is 7.73. The Labute approximate surface area is 119 Å². The van der Waals surface area contributed by atoms with Gasteiger partial charge in [0.25, 0.3) is 5.56 Å². The molecule has 0 aliphatic rings. The zero-order chi connectivity index (χ0) is 14.0. The first kappa shape index (κ1) is 13.7. The third-order valence-corrected chi connectivity index (χ3v) is 4.02. The van der Waals surface area contributed by atoms with Gasteiger partial charge in [0.1, 0.15) is 16.8 Å². The number of hydrogen-bond donors (Lipinski definition) is 0.